The van der Waals surface area contributed by atoms with Gasteiger partial charge in [0.2, 0.25) is 0 Å². The largest absolute Gasteiger partial charge is 0.481 e. The predicted octanol–water partition coefficient (Wildman–Crippen LogP) is 3.09. The van der Waals surface area contributed by atoms with Crippen LogP contribution in [0.4, 0.5) is 4.79 Å². The Morgan fingerprint density at radius 2 is 2.15 bits per heavy atom. The van der Waals surface area contributed by atoms with Crippen LogP contribution in [0.2, 0.25) is 0 Å². The zero-order valence-corrected chi connectivity index (χ0v) is 12.9. The summed E-state index contributed by atoms with van der Waals surface area (Å²) in [6.45, 7) is 6.11. The molecule has 0 aliphatic carbocycles. The van der Waals surface area contributed by atoms with Crippen LogP contribution in [0, 0.1) is 0 Å². The van der Waals surface area contributed by atoms with Gasteiger partial charge in [0.15, 0.2) is 0 Å². The molecule has 112 valence electrons. The first-order chi connectivity index (χ1) is 9.49. The lowest BCUT2D eigenvalue weighted by atomic mass is 10.2. The number of hydrogen-bond donors (Lipinski definition) is 2. The van der Waals surface area contributed by atoms with Gasteiger partial charge in [-0.05, 0) is 31.7 Å². The molecule has 0 saturated heterocycles. The van der Waals surface area contributed by atoms with Gasteiger partial charge in [0.25, 0.3) is 0 Å². The van der Waals surface area contributed by atoms with Crippen molar-refractivity contribution in [3.63, 3.8) is 0 Å². The van der Waals surface area contributed by atoms with Crippen molar-refractivity contribution in [1.82, 2.24) is 10.2 Å². The first-order valence-corrected chi connectivity index (χ1v) is 7.69. The van der Waals surface area contributed by atoms with Crippen molar-refractivity contribution in [3.05, 3.63) is 22.4 Å². The Hall–Kier alpha value is -1.56. The number of hydrogen-bond acceptors (Lipinski definition) is 3. The number of carboxylic acid groups (broad SMARTS) is 1. The zero-order valence-electron chi connectivity index (χ0n) is 12.1. The van der Waals surface area contributed by atoms with Crippen LogP contribution < -0.4 is 5.32 Å². The highest BCUT2D eigenvalue weighted by Gasteiger charge is 2.23. The molecule has 6 heteroatoms. The van der Waals surface area contributed by atoms with Crippen LogP contribution in [-0.4, -0.2) is 34.6 Å². The Morgan fingerprint density at radius 1 is 1.45 bits per heavy atom. The molecule has 0 spiro atoms. The number of rotatable bonds is 7. The molecule has 1 aromatic heterocycles. The van der Waals surface area contributed by atoms with Gasteiger partial charge < -0.3 is 15.3 Å². The molecule has 0 fully saturated rings. The number of urea groups is 1. The van der Waals surface area contributed by atoms with E-state index in [9.17, 15) is 9.59 Å². The van der Waals surface area contributed by atoms with E-state index in [1.165, 1.54) is 0 Å². The molecule has 0 bridgehead atoms. The highest BCUT2D eigenvalue weighted by molar-refractivity contribution is 7.10. The highest BCUT2D eigenvalue weighted by atomic mass is 32.1. The average Bonchev–Trinajstić information content (AvgIpc) is 2.89. The maximum absolute atomic E-state index is 12.3. The third kappa shape index (κ3) is 4.52. The number of carboxylic acids is 1. The minimum Gasteiger partial charge on any atom is -0.481 e. The molecule has 0 aliphatic heterocycles. The Morgan fingerprint density at radius 3 is 2.60 bits per heavy atom. The minimum absolute atomic E-state index is 0.0198. The Kier molecular flexibility index (Phi) is 6.51. The highest BCUT2D eigenvalue weighted by Crippen LogP contribution is 2.22. The van der Waals surface area contributed by atoms with E-state index in [2.05, 4.69) is 5.32 Å². The summed E-state index contributed by atoms with van der Waals surface area (Å²) < 4.78 is 0. The molecule has 1 aromatic rings. The Balaban J connectivity index is 2.68. The van der Waals surface area contributed by atoms with Crippen molar-refractivity contribution >= 4 is 23.3 Å². The molecule has 2 atom stereocenters. The second kappa shape index (κ2) is 7.89. The van der Waals surface area contributed by atoms with Gasteiger partial charge in [-0.25, -0.2) is 4.79 Å². The van der Waals surface area contributed by atoms with Crippen molar-refractivity contribution in [2.75, 3.05) is 6.54 Å². The molecule has 1 rings (SSSR count). The van der Waals surface area contributed by atoms with Gasteiger partial charge in [-0.15, -0.1) is 11.3 Å². The fraction of sp³-hybridized carbons (Fsp3) is 0.571. The SMILES string of the molecule is CCC(NC(=O)N(CC)C(C)CC(=O)O)c1cccs1. The number of amides is 2. The summed E-state index contributed by atoms with van der Waals surface area (Å²) >= 11 is 1.61. The van der Waals surface area contributed by atoms with Gasteiger partial charge in [0.05, 0.1) is 12.5 Å². The third-order valence-corrected chi connectivity index (χ3v) is 4.18. The molecule has 2 amide bonds. The Bertz CT molecular complexity index is 434. The number of thiophene rings is 1. The second-order valence-corrected chi connectivity index (χ2v) is 5.64. The molecule has 0 aliphatic rings. The van der Waals surface area contributed by atoms with E-state index in [0.717, 1.165) is 11.3 Å². The van der Waals surface area contributed by atoms with Crippen LogP contribution in [0.5, 0.6) is 0 Å². The molecule has 0 saturated carbocycles. The molecular weight excluding hydrogens is 276 g/mol. The van der Waals surface area contributed by atoms with Crippen molar-refractivity contribution in [2.24, 2.45) is 0 Å². The summed E-state index contributed by atoms with van der Waals surface area (Å²) in [5.74, 6) is -0.894. The van der Waals surface area contributed by atoms with E-state index in [4.69, 9.17) is 5.11 Å². The van der Waals surface area contributed by atoms with E-state index in [1.807, 2.05) is 31.4 Å². The number of nitrogens with one attached hydrogen (secondary N) is 1. The zero-order chi connectivity index (χ0) is 15.1. The standard InChI is InChI=1S/C14H22N2O3S/c1-4-11(12-7-6-8-20-12)15-14(19)16(5-2)10(3)9-13(17)18/h6-8,10-11H,4-5,9H2,1-3H3,(H,15,19)(H,17,18). The molecule has 0 radical (unpaired) electrons. The van der Waals surface area contributed by atoms with E-state index >= 15 is 0 Å². The van der Waals surface area contributed by atoms with Crippen molar-refractivity contribution < 1.29 is 14.7 Å². The fourth-order valence-corrected chi connectivity index (χ4v) is 2.98. The van der Waals surface area contributed by atoms with Crippen LogP contribution in [0.15, 0.2) is 17.5 Å². The molecule has 2 unspecified atom stereocenters. The van der Waals surface area contributed by atoms with Crippen LogP contribution in [-0.2, 0) is 4.79 Å². The number of carbonyl (C=O) groups is 2. The van der Waals surface area contributed by atoms with E-state index in [1.54, 1.807) is 23.2 Å². The summed E-state index contributed by atoms with van der Waals surface area (Å²) in [5.41, 5.74) is 0. The summed E-state index contributed by atoms with van der Waals surface area (Å²) in [6, 6.07) is 3.41. The van der Waals surface area contributed by atoms with Gasteiger partial charge in [-0.3, -0.25) is 4.79 Å². The minimum atomic E-state index is -0.894. The van der Waals surface area contributed by atoms with Gasteiger partial charge in [-0.2, -0.15) is 0 Å². The number of nitrogens with zero attached hydrogens (tertiary/aromatic N) is 1. The van der Waals surface area contributed by atoms with Crippen LogP contribution in [0.3, 0.4) is 0 Å². The molecule has 20 heavy (non-hydrogen) atoms. The number of carbonyl (C=O) groups excluding carboxylic acids is 1. The van der Waals surface area contributed by atoms with Crippen LogP contribution >= 0.6 is 11.3 Å². The fourth-order valence-electron chi connectivity index (χ4n) is 2.11. The van der Waals surface area contributed by atoms with Gasteiger partial charge in [-0.1, -0.05) is 13.0 Å². The summed E-state index contributed by atoms with van der Waals surface area (Å²) in [5, 5.41) is 13.8. The summed E-state index contributed by atoms with van der Waals surface area (Å²) in [4.78, 5) is 25.7. The van der Waals surface area contributed by atoms with Crippen molar-refractivity contribution in [1.29, 1.82) is 0 Å². The van der Waals surface area contributed by atoms with Gasteiger partial charge in [0.1, 0.15) is 0 Å². The summed E-state index contributed by atoms with van der Waals surface area (Å²) in [7, 11) is 0. The molecule has 2 N–H and O–H groups in total. The molecule has 5 nitrogen and oxygen atoms in total. The molecule has 0 aromatic carbocycles. The predicted molar refractivity (Wildman–Crippen MR) is 80.0 cm³/mol. The first kappa shape index (κ1) is 16.5. The van der Waals surface area contributed by atoms with E-state index in [0.29, 0.717) is 6.54 Å². The maximum Gasteiger partial charge on any atom is 0.318 e. The first-order valence-electron chi connectivity index (χ1n) is 6.81. The maximum atomic E-state index is 12.3. The van der Waals surface area contributed by atoms with Crippen LogP contribution in [0.1, 0.15) is 44.5 Å². The van der Waals surface area contributed by atoms with Crippen molar-refractivity contribution in [3.8, 4) is 0 Å². The van der Waals surface area contributed by atoms with Crippen LogP contribution in [0.25, 0.3) is 0 Å². The normalized spacial score (nSPS) is 13.6. The van der Waals surface area contributed by atoms with Gasteiger partial charge >= 0.3 is 12.0 Å². The Labute approximate surface area is 123 Å². The van der Waals surface area contributed by atoms with E-state index in [-0.39, 0.29) is 24.5 Å². The average molecular weight is 298 g/mol. The van der Waals surface area contributed by atoms with Crippen molar-refractivity contribution in [2.45, 2.75) is 45.7 Å². The second-order valence-electron chi connectivity index (χ2n) is 4.66. The topological polar surface area (TPSA) is 69.6 Å². The van der Waals surface area contributed by atoms with E-state index < -0.39 is 5.97 Å². The third-order valence-electron chi connectivity index (χ3n) is 3.20. The lowest BCUT2D eigenvalue weighted by Crippen LogP contribution is -2.46. The lowest BCUT2D eigenvalue weighted by molar-refractivity contribution is -0.138. The molecular formula is C14H22N2O3S. The summed E-state index contributed by atoms with van der Waals surface area (Å²) in [6.07, 6.45) is 0.758. The lowest BCUT2D eigenvalue weighted by Gasteiger charge is -2.29. The van der Waals surface area contributed by atoms with Gasteiger partial charge in [0, 0.05) is 17.5 Å². The quantitative estimate of drug-likeness (QED) is 0.812. The number of aliphatic carboxylic acids is 1. The molecule has 1 heterocycles. The monoisotopic (exact) mass is 298 g/mol. The smallest absolute Gasteiger partial charge is 0.318 e.